The van der Waals surface area contributed by atoms with E-state index in [0.29, 0.717) is 11.8 Å². The lowest BCUT2D eigenvalue weighted by atomic mass is 9.80. The van der Waals surface area contributed by atoms with Gasteiger partial charge < -0.3 is 10.2 Å². The lowest BCUT2D eigenvalue weighted by Crippen LogP contribution is -2.33. The van der Waals surface area contributed by atoms with E-state index in [0.717, 1.165) is 12.8 Å². The van der Waals surface area contributed by atoms with E-state index >= 15 is 0 Å². The number of hydrogen-bond donors (Lipinski definition) is 2. The van der Waals surface area contributed by atoms with Crippen LogP contribution in [0, 0.1) is 11.8 Å². The summed E-state index contributed by atoms with van der Waals surface area (Å²) in [5, 5.41) is 19.5. The Morgan fingerprint density at radius 2 is 1.42 bits per heavy atom. The average Bonchev–Trinajstić information content (AvgIpc) is 2.33. The number of likely N-dealkylation sites (tertiary alicyclic amines) is 1. The van der Waals surface area contributed by atoms with E-state index in [9.17, 15) is 10.2 Å². The van der Waals surface area contributed by atoms with Gasteiger partial charge in [-0.2, -0.15) is 0 Å². The van der Waals surface area contributed by atoms with Gasteiger partial charge in [-0.05, 0) is 19.9 Å². The topological polar surface area (TPSA) is 43.7 Å². The van der Waals surface area contributed by atoms with Crippen molar-refractivity contribution in [2.45, 2.75) is 38.1 Å². The van der Waals surface area contributed by atoms with Gasteiger partial charge in [0, 0.05) is 11.8 Å². The summed E-state index contributed by atoms with van der Waals surface area (Å²) < 4.78 is 0. The second kappa shape index (κ2) is 2.98. The molecule has 1 saturated heterocycles. The highest BCUT2D eigenvalue weighted by Gasteiger charge is 2.46. The largest absolute Gasteiger partial charge is 0.378 e. The Hall–Kier alpha value is -0.120. The molecule has 2 aliphatic rings. The third-order valence-corrected chi connectivity index (χ3v) is 3.48. The highest BCUT2D eigenvalue weighted by atomic mass is 16.3. The second-order valence-electron chi connectivity index (χ2n) is 4.10. The van der Waals surface area contributed by atoms with Crippen LogP contribution in [0.5, 0.6) is 0 Å². The maximum atomic E-state index is 9.73. The molecule has 3 nitrogen and oxygen atoms in total. The Kier molecular flexibility index (Phi) is 2.10. The smallest absolute Gasteiger partial charge is 0.112 e. The molecular weight excluding hydrogens is 154 g/mol. The van der Waals surface area contributed by atoms with E-state index < -0.39 is 12.5 Å². The zero-order chi connectivity index (χ0) is 8.72. The number of aliphatic hydroxyl groups is 2. The number of aliphatic hydroxyl groups excluding tert-OH is 2. The van der Waals surface area contributed by atoms with E-state index in [-0.39, 0.29) is 0 Å². The zero-order valence-electron chi connectivity index (χ0n) is 7.48. The summed E-state index contributed by atoms with van der Waals surface area (Å²) >= 11 is 0. The van der Waals surface area contributed by atoms with Crippen LogP contribution in [0.3, 0.4) is 0 Å². The molecule has 0 spiro atoms. The zero-order valence-corrected chi connectivity index (χ0v) is 7.48. The first-order chi connectivity index (χ1) is 5.72. The van der Waals surface area contributed by atoms with Crippen molar-refractivity contribution in [3.63, 3.8) is 0 Å². The van der Waals surface area contributed by atoms with Crippen molar-refractivity contribution in [3.8, 4) is 0 Å². The third kappa shape index (κ3) is 1.08. The maximum absolute atomic E-state index is 9.73. The summed E-state index contributed by atoms with van der Waals surface area (Å²) in [6.45, 7) is 0. The van der Waals surface area contributed by atoms with Gasteiger partial charge in [0.2, 0.25) is 0 Å². The number of rotatable bonds is 0. The molecule has 4 atom stereocenters. The summed E-state index contributed by atoms with van der Waals surface area (Å²) in [6, 6.07) is 0. The van der Waals surface area contributed by atoms with Gasteiger partial charge in [0.1, 0.15) is 12.5 Å². The fraction of sp³-hybridized carbons (Fsp3) is 1.00. The predicted molar refractivity (Wildman–Crippen MR) is 45.2 cm³/mol. The predicted octanol–water partition coefficient (Wildman–Crippen LogP) is 0.375. The quantitative estimate of drug-likeness (QED) is 0.553. The van der Waals surface area contributed by atoms with Crippen molar-refractivity contribution < 1.29 is 10.2 Å². The van der Waals surface area contributed by atoms with Crippen LogP contribution in [-0.4, -0.2) is 34.6 Å². The number of hydrogen-bond acceptors (Lipinski definition) is 3. The Labute approximate surface area is 73.0 Å². The average molecular weight is 171 g/mol. The first-order valence-corrected chi connectivity index (χ1v) is 4.80. The highest BCUT2D eigenvalue weighted by molar-refractivity contribution is 4.90. The molecule has 0 bridgehead atoms. The van der Waals surface area contributed by atoms with Gasteiger partial charge in [0.25, 0.3) is 0 Å². The minimum Gasteiger partial charge on any atom is -0.378 e. The lowest BCUT2D eigenvalue weighted by molar-refractivity contribution is -0.0480. The van der Waals surface area contributed by atoms with Crippen molar-refractivity contribution >= 4 is 0 Å². The van der Waals surface area contributed by atoms with Crippen LogP contribution in [0.2, 0.25) is 0 Å². The minimum atomic E-state index is -0.412. The van der Waals surface area contributed by atoms with Crippen LogP contribution >= 0.6 is 0 Å². The Morgan fingerprint density at radius 3 is 1.83 bits per heavy atom. The lowest BCUT2D eigenvalue weighted by Gasteiger charge is -2.26. The van der Waals surface area contributed by atoms with Crippen molar-refractivity contribution in [1.82, 2.24) is 4.90 Å². The van der Waals surface area contributed by atoms with Gasteiger partial charge in [-0.1, -0.05) is 12.8 Å². The van der Waals surface area contributed by atoms with Gasteiger partial charge in [-0.25, -0.2) is 0 Å². The summed E-state index contributed by atoms with van der Waals surface area (Å²) in [4.78, 5) is 1.70. The first-order valence-electron chi connectivity index (χ1n) is 4.80. The summed E-state index contributed by atoms with van der Waals surface area (Å²) in [6.07, 6.45) is 3.74. The van der Waals surface area contributed by atoms with Crippen LogP contribution in [-0.2, 0) is 0 Å². The van der Waals surface area contributed by atoms with Gasteiger partial charge in [0.05, 0.1) is 0 Å². The Balaban J connectivity index is 2.14. The molecule has 1 saturated carbocycles. The van der Waals surface area contributed by atoms with Crippen LogP contribution in [0.1, 0.15) is 25.7 Å². The van der Waals surface area contributed by atoms with Gasteiger partial charge >= 0.3 is 0 Å². The van der Waals surface area contributed by atoms with E-state index in [4.69, 9.17) is 0 Å². The van der Waals surface area contributed by atoms with E-state index in [2.05, 4.69) is 0 Å². The van der Waals surface area contributed by atoms with E-state index in [1.54, 1.807) is 11.9 Å². The summed E-state index contributed by atoms with van der Waals surface area (Å²) in [7, 11) is 1.80. The fourth-order valence-corrected chi connectivity index (χ4v) is 2.69. The van der Waals surface area contributed by atoms with Gasteiger partial charge in [-0.15, -0.1) is 0 Å². The molecule has 0 aromatic carbocycles. The Morgan fingerprint density at radius 1 is 1.00 bits per heavy atom. The van der Waals surface area contributed by atoms with Crippen LogP contribution in [0.25, 0.3) is 0 Å². The SMILES string of the molecule is CN1C(O)C2CCCCC2C1O. The molecule has 3 heteroatoms. The monoisotopic (exact) mass is 171 g/mol. The van der Waals surface area contributed by atoms with E-state index in [1.165, 1.54) is 12.8 Å². The molecule has 2 rings (SSSR count). The number of fused-ring (bicyclic) bond motifs is 1. The molecular formula is C9H17NO2. The van der Waals surface area contributed by atoms with Crippen molar-refractivity contribution in [2.24, 2.45) is 11.8 Å². The number of nitrogens with zero attached hydrogens (tertiary/aromatic N) is 1. The van der Waals surface area contributed by atoms with Crippen LogP contribution < -0.4 is 0 Å². The van der Waals surface area contributed by atoms with Crippen LogP contribution in [0.15, 0.2) is 0 Å². The molecule has 1 aliphatic heterocycles. The standard InChI is InChI=1S/C9H17NO2/c1-10-8(11)6-4-2-3-5-7(6)9(10)12/h6-9,11-12H,2-5H2,1H3. The normalized spacial score (nSPS) is 49.2. The second-order valence-corrected chi connectivity index (χ2v) is 4.10. The third-order valence-electron chi connectivity index (χ3n) is 3.48. The molecule has 1 heterocycles. The fourth-order valence-electron chi connectivity index (χ4n) is 2.69. The van der Waals surface area contributed by atoms with Crippen LogP contribution in [0.4, 0.5) is 0 Å². The first kappa shape index (κ1) is 8.48. The highest BCUT2D eigenvalue weighted by Crippen LogP contribution is 2.41. The maximum Gasteiger partial charge on any atom is 0.112 e. The molecule has 12 heavy (non-hydrogen) atoms. The molecule has 4 unspecified atom stereocenters. The van der Waals surface area contributed by atoms with Gasteiger partial charge in [0.15, 0.2) is 0 Å². The van der Waals surface area contributed by atoms with E-state index in [1.807, 2.05) is 0 Å². The van der Waals surface area contributed by atoms with Gasteiger partial charge in [-0.3, -0.25) is 4.90 Å². The summed E-state index contributed by atoms with van der Waals surface area (Å²) in [5.74, 6) is 0.637. The molecule has 2 fully saturated rings. The molecule has 2 N–H and O–H groups in total. The summed E-state index contributed by atoms with van der Waals surface area (Å²) in [5.41, 5.74) is 0. The van der Waals surface area contributed by atoms with Crippen molar-refractivity contribution in [2.75, 3.05) is 7.05 Å². The van der Waals surface area contributed by atoms with Crippen molar-refractivity contribution in [3.05, 3.63) is 0 Å². The molecule has 0 radical (unpaired) electrons. The Bertz CT molecular complexity index is 156. The minimum absolute atomic E-state index is 0.318. The molecule has 1 aliphatic carbocycles. The molecule has 0 aromatic rings. The molecule has 0 amide bonds. The molecule has 70 valence electrons. The molecule has 0 aromatic heterocycles. The van der Waals surface area contributed by atoms with Crippen molar-refractivity contribution in [1.29, 1.82) is 0 Å².